The molecular weight excluding hydrogens is 264 g/mol. The summed E-state index contributed by atoms with van der Waals surface area (Å²) in [5.41, 5.74) is 8.71. The molecule has 0 bridgehead atoms. The number of nitrogens with zero attached hydrogens (tertiary/aromatic N) is 1. The lowest BCUT2D eigenvalue weighted by Gasteiger charge is -2.34. The molecule has 2 fully saturated rings. The van der Waals surface area contributed by atoms with E-state index in [-0.39, 0.29) is 18.0 Å². The fourth-order valence-corrected chi connectivity index (χ4v) is 3.36. The van der Waals surface area contributed by atoms with Crippen LogP contribution >= 0.6 is 0 Å². The highest BCUT2D eigenvalue weighted by atomic mass is 16.5. The molecule has 1 amide bonds. The second-order valence-electron chi connectivity index (χ2n) is 6.21. The number of carbonyl (C=O) groups excluding carboxylic acids is 1. The maximum atomic E-state index is 12.5. The van der Waals surface area contributed by atoms with Gasteiger partial charge in [-0.2, -0.15) is 0 Å². The summed E-state index contributed by atoms with van der Waals surface area (Å²) < 4.78 is 5.22. The quantitative estimate of drug-likeness (QED) is 0.925. The van der Waals surface area contributed by atoms with Crippen molar-refractivity contribution in [1.82, 2.24) is 4.90 Å². The van der Waals surface area contributed by atoms with E-state index in [2.05, 4.69) is 23.1 Å². The summed E-state index contributed by atoms with van der Waals surface area (Å²) in [4.78, 5) is 14.6. The van der Waals surface area contributed by atoms with E-state index in [1.54, 1.807) is 7.11 Å². The van der Waals surface area contributed by atoms with Crippen molar-refractivity contribution in [2.24, 2.45) is 5.73 Å². The van der Waals surface area contributed by atoms with Crippen molar-refractivity contribution in [1.29, 1.82) is 0 Å². The first-order chi connectivity index (χ1) is 10.2. The molecule has 21 heavy (non-hydrogen) atoms. The van der Waals surface area contributed by atoms with Crippen LogP contribution in [0.4, 0.5) is 0 Å². The fraction of sp³-hybridized carbons (Fsp3) is 0.588. The molecule has 114 valence electrons. The first kappa shape index (κ1) is 14.5. The molecule has 1 heterocycles. The summed E-state index contributed by atoms with van der Waals surface area (Å²) in [5, 5.41) is 0. The molecule has 1 saturated heterocycles. The molecule has 0 radical (unpaired) electrons. The molecule has 1 aliphatic heterocycles. The first-order valence-electron chi connectivity index (χ1n) is 7.85. The van der Waals surface area contributed by atoms with E-state index in [1.165, 1.54) is 0 Å². The van der Waals surface area contributed by atoms with Gasteiger partial charge in [0, 0.05) is 25.6 Å². The van der Waals surface area contributed by atoms with Gasteiger partial charge >= 0.3 is 0 Å². The van der Waals surface area contributed by atoms with Gasteiger partial charge in [0.05, 0.1) is 12.6 Å². The molecule has 1 aliphatic carbocycles. The number of methoxy groups -OCH3 is 1. The van der Waals surface area contributed by atoms with Crippen LogP contribution in [0.5, 0.6) is 0 Å². The Kier molecular flexibility index (Phi) is 4.27. The zero-order valence-corrected chi connectivity index (χ0v) is 12.6. The Bertz CT molecular complexity index is 513. The number of hydrogen-bond donors (Lipinski definition) is 1. The highest BCUT2D eigenvalue weighted by Crippen LogP contribution is 2.39. The summed E-state index contributed by atoms with van der Waals surface area (Å²) in [6, 6.07) is 8.77. The van der Waals surface area contributed by atoms with Gasteiger partial charge in [-0.25, -0.2) is 0 Å². The number of carbonyl (C=O) groups is 1. The second-order valence-corrected chi connectivity index (χ2v) is 6.21. The van der Waals surface area contributed by atoms with Crippen molar-refractivity contribution in [2.75, 3.05) is 7.11 Å². The average molecular weight is 288 g/mol. The van der Waals surface area contributed by atoms with Gasteiger partial charge in [0.15, 0.2) is 0 Å². The topological polar surface area (TPSA) is 55.6 Å². The number of nitrogens with two attached hydrogens (primary N) is 1. The van der Waals surface area contributed by atoms with E-state index in [4.69, 9.17) is 10.5 Å². The van der Waals surface area contributed by atoms with Gasteiger partial charge in [-0.3, -0.25) is 4.79 Å². The Labute approximate surface area is 126 Å². The van der Waals surface area contributed by atoms with Crippen molar-refractivity contribution in [2.45, 2.75) is 56.8 Å². The van der Waals surface area contributed by atoms with E-state index in [1.807, 2.05) is 6.07 Å². The normalized spacial score (nSPS) is 26.8. The molecule has 0 spiro atoms. The minimum absolute atomic E-state index is 0.0179. The number of hydrogen-bond acceptors (Lipinski definition) is 3. The third-order valence-corrected chi connectivity index (χ3v) is 4.47. The largest absolute Gasteiger partial charge is 0.380 e. The highest BCUT2D eigenvalue weighted by Gasteiger charge is 2.41. The Morgan fingerprint density at radius 3 is 2.86 bits per heavy atom. The third-order valence-electron chi connectivity index (χ3n) is 4.47. The molecule has 2 aliphatic rings. The minimum Gasteiger partial charge on any atom is -0.380 e. The lowest BCUT2D eigenvalue weighted by molar-refractivity contribution is -0.133. The van der Waals surface area contributed by atoms with Gasteiger partial charge < -0.3 is 15.4 Å². The number of likely N-dealkylation sites (tertiary alicyclic amines) is 1. The summed E-state index contributed by atoms with van der Waals surface area (Å²) >= 11 is 0. The third kappa shape index (κ3) is 3.11. The van der Waals surface area contributed by atoms with Gasteiger partial charge in [0.2, 0.25) is 5.91 Å². The van der Waals surface area contributed by atoms with Crippen molar-refractivity contribution in [3.8, 4) is 0 Å². The maximum absolute atomic E-state index is 12.5. The predicted molar refractivity (Wildman–Crippen MR) is 81.6 cm³/mol. The van der Waals surface area contributed by atoms with E-state index < -0.39 is 0 Å². The molecule has 4 nitrogen and oxygen atoms in total. The molecule has 2 N–H and O–H groups in total. The summed E-state index contributed by atoms with van der Waals surface area (Å²) in [7, 11) is 1.70. The number of benzene rings is 1. The van der Waals surface area contributed by atoms with Gasteiger partial charge in [0.1, 0.15) is 0 Å². The molecule has 1 aromatic rings. The van der Waals surface area contributed by atoms with E-state index in [0.717, 1.165) is 36.8 Å². The lowest BCUT2D eigenvalue weighted by atomic mass is 9.95. The van der Waals surface area contributed by atoms with E-state index >= 15 is 0 Å². The number of rotatable bonds is 4. The Morgan fingerprint density at radius 1 is 1.33 bits per heavy atom. The van der Waals surface area contributed by atoms with Gasteiger partial charge in [-0.15, -0.1) is 0 Å². The van der Waals surface area contributed by atoms with Crippen LogP contribution in [-0.2, 0) is 16.1 Å². The standard InChI is InChI=1S/C17H24N2O2/c1-21-11-12-4-2-5-13(10-12)17-15(18)6-3-7-16(20)19(17)14-8-9-14/h2,4-5,10,14-15,17H,3,6-9,11,18H2,1H3. The van der Waals surface area contributed by atoms with Crippen LogP contribution in [-0.4, -0.2) is 30.0 Å². The van der Waals surface area contributed by atoms with Crippen molar-refractivity contribution in [3.05, 3.63) is 35.4 Å². The minimum atomic E-state index is 0.0179. The van der Waals surface area contributed by atoms with Crippen LogP contribution in [0.25, 0.3) is 0 Å². The Morgan fingerprint density at radius 2 is 2.14 bits per heavy atom. The van der Waals surface area contributed by atoms with Gasteiger partial charge in [-0.05, 0) is 36.8 Å². The van der Waals surface area contributed by atoms with Crippen LogP contribution < -0.4 is 5.73 Å². The molecular formula is C17H24N2O2. The van der Waals surface area contributed by atoms with Gasteiger partial charge in [0.25, 0.3) is 0 Å². The lowest BCUT2D eigenvalue weighted by Crippen LogP contribution is -2.43. The van der Waals surface area contributed by atoms with Crippen LogP contribution in [0.3, 0.4) is 0 Å². The molecule has 2 unspecified atom stereocenters. The summed E-state index contributed by atoms with van der Waals surface area (Å²) in [6.07, 6.45) is 4.68. The first-order valence-corrected chi connectivity index (χ1v) is 7.85. The highest BCUT2D eigenvalue weighted by molar-refractivity contribution is 5.78. The molecule has 1 saturated carbocycles. The number of amides is 1. The fourth-order valence-electron chi connectivity index (χ4n) is 3.36. The van der Waals surface area contributed by atoms with Crippen LogP contribution in [0.15, 0.2) is 24.3 Å². The molecule has 2 atom stereocenters. The Hall–Kier alpha value is -1.39. The average Bonchev–Trinajstić information content (AvgIpc) is 3.29. The Balaban J connectivity index is 1.94. The number of ether oxygens (including phenoxy) is 1. The van der Waals surface area contributed by atoms with Crippen molar-refractivity contribution in [3.63, 3.8) is 0 Å². The molecule has 0 aromatic heterocycles. The summed E-state index contributed by atoms with van der Waals surface area (Å²) in [6.45, 7) is 0.590. The zero-order chi connectivity index (χ0) is 14.8. The van der Waals surface area contributed by atoms with Crippen LogP contribution in [0, 0.1) is 0 Å². The van der Waals surface area contributed by atoms with Crippen molar-refractivity contribution < 1.29 is 9.53 Å². The predicted octanol–water partition coefficient (Wildman–Crippen LogP) is 2.38. The molecule has 4 heteroatoms. The second kappa shape index (κ2) is 6.16. The molecule has 3 rings (SSSR count). The monoisotopic (exact) mass is 288 g/mol. The van der Waals surface area contributed by atoms with E-state index in [9.17, 15) is 4.79 Å². The summed E-state index contributed by atoms with van der Waals surface area (Å²) in [5.74, 6) is 0.271. The van der Waals surface area contributed by atoms with Gasteiger partial charge in [-0.1, -0.05) is 24.3 Å². The van der Waals surface area contributed by atoms with E-state index in [0.29, 0.717) is 19.1 Å². The smallest absolute Gasteiger partial charge is 0.223 e. The maximum Gasteiger partial charge on any atom is 0.223 e. The zero-order valence-electron chi connectivity index (χ0n) is 12.6. The van der Waals surface area contributed by atoms with Crippen molar-refractivity contribution >= 4 is 5.91 Å². The van der Waals surface area contributed by atoms with Crippen LogP contribution in [0.2, 0.25) is 0 Å². The van der Waals surface area contributed by atoms with Crippen LogP contribution in [0.1, 0.15) is 49.3 Å². The SMILES string of the molecule is COCc1cccc(C2C(N)CCCC(=O)N2C2CC2)c1. The molecule has 1 aromatic carbocycles.